The second kappa shape index (κ2) is 6.87. The van der Waals surface area contributed by atoms with E-state index in [4.69, 9.17) is 4.74 Å². The van der Waals surface area contributed by atoms with Gasteiger partial charge in [0.1, 0.15) is 0 Å². The largest absolute Gasteiger partial charge is 0.377 e. The SMILES string of the molecule is O=C(CNCC1CCCO1)Nc1cccc(Br)c1. The fourth-order valence-corrected chi connectivity index (χ4v) is 2.32. The third-order valence-electron chi connectivity index (χ3n) is 2.79. The monoisotopic (exact) mass is 312 g/mol. The molecular formula is C13H17BrN2O2. The summed E-state index contributed by atoms with van der Waals surface area (Å²) in [6.07, 6.45) is 2.47. The Hall–Kier alpha value is -0.910. The maximum Gasteiger partial charge on any atom is 0.238 e. The Balaban J connectivity index is 1.68. The van der Waals surface area contributed by atoms with Crippen molar-refractivity contribution >= 4 is 27.5 Å². The molecule has 5 heteroatoms. The normalized spacial score (nSPS) is 18.8. The average Bonchev–Trinajstić information content (AvgIpc) is 2.82. The van der Waals surface area contributed by atoms with Crippen molar-refractivity contribution < 1.29 is 9.53 Å². The first-order valence-electron chi connectivity index (χ1n) is 6.12. The lowest BCUT2D eigenvalue weighted by atomic mass is 10.2. The van der Waals surface area contributed by atoms with Crippen LogP contribution in [0.15, 0.2) is 28.7 Å². The summed E-state index contributed by atoms with van der Waals surface area (Å²) >= 11 is 3.37. The molecule has 1 aliphatic rings. The van der Waals surface area contributed by atoms with Gasteiger partial charge in [-0.15, -0.1) is 0 Å². The number of ether oxygens (including phenoxy) is 1. The Morgan fingerprint density at radius 1 is 1.50 bits per heavy atom. The minimum atomic E-state index is -0.0360. The van der Waals surface area contributed by atoms with E-state index < -0.39 is 0 Å². The van der Waals surface area contributed by atoms with Crippen LogP contribution in [0.3, 0.4) is 0 Å². The summed E-state index contributed by atoms with van der Waals surface area (Å²) in [5, 5.41) is 5.95. The maximum atomic E-state index is 11.7. The van der Waals surface area contributed by atoms with Gasteiger partial charge in [-0.1, -0.05) is 22.0 Å². The molecule has 1 saturated heterocycles. The number of carbonyl (C=O) groups is 1. The summed E-state index contributed by atoms with van der Waals surface area (Å²) in [6.45, 7) is 1.90. The minimum absolute atomic E-state index is 0.0360. The summed E-state index contributed by atoms with van der Waals surface area (Å²) in [4.78, 5) is 11.7. The van der Waals surface area contributed by atoms with Crippen molar-refractivity contribution in [3.8, 4) is 0 Å². The Bertz CT molecular complexity index is 406. The van der Waals surface area contributed by atoms with E-state index in [9.17, 15) is 4.79 Å². The van der Waals surface area contributed by atoms with Crippen LogP contribution in [0.4, 0.5) is 5.69 Å². The lowest BCUT2D eigenvalue weighted by Gasteiger charge is -2.10. The van der Waals surface area contributed by atoms with Crippen molar-refractivity contribution in [2.75, 3.05) is 25.0 Å². The summed E-state index contributed by atoms with van der Waals surface area (Å²) in [6, 6.07) is 7.55. The number of rotatable bonds is 5. The van der Waals surface area contributed by atoms with Crippen LogP contribution in [-0.4, -0.2) is 31.7 Å². The van der Waals surface area contributed by atoms with Crippen LogP contribution in [0.5, 0.6) is 0 Å². The zero-order valence-electron chi connectivity index (χ0n) is 10.1. The Labute approximate surface area is 115 Å². The minimum Gasteiger partial charge on any atom is -0.377 e. The number of hydrogen-bond donors (Lipinski definition) is 2. The van der Waals surface area contributed by atoms with Crippen molar-refractivity contribution in [2.24, 2.45) is 0 Å². The van der Waals surface area contributed by atoms with Crippen LogP contribution < -0.4 is 10.6 Å². The molecule has 1 aliphatic heterocycles. The molecule has 0 spiro atoms. The summed E-state index contributed by atoms with van der Waals surface area (Å²) in [7, 11) is 0. The molecule has 0 radical (unpaired) electrons. The summed E-state index contributed by atoms with van der Waals surface area (Å²) in [5.74, 6) is -0.0360. The Morgan fingerprint density at radius 3 is 3.11 bits per heavy atom. The topological polar surface area (TPSA) is 50.4 Å². The number of benzene rings is 1. The van der Waals surface area contributed by atoms with Gasteiger partial charge >= 0.3 is 0 Å². The van der Waals surface area contributed by atoms with Crippen molar-refractivity contribution in [1.82, 2.24) is 5.32 Å². The highest BCUT2D eigenvalue weighted by Gasteiger charge is 2.15. The molecule has 1 unspecified atom stereocenters. The highest BCUT2D eigenvalue weighted by molar-refractivity contribution is 9.10. The third-order valence-corrected chi connectivity index (χ3v) is 3.28. The van der Waals surface area contributed by atoms with Gasteiger partial charge in [0.05, 0.1) is 12.6 Å². The van der Waals surface area contributed by atoms with E-state index in [-0.39, 0.29) is 12.0 Å². The molecule has 1 amide bonds. The lowest BCUT2D eigenvalue weighted by molar-refractivity contribution is -0.115. The number of anilines is 1. The maximum absolute atomic E-state index is 11.7. The zero-order valence-corrected chi connectivity index (χ0v) is 11.7. The number of carbonyl (C=O) groups excluding carboxylic acids is 1. The molecule has 0 aromatic heterocycles. The predicted octanol–water partition coefficient (Wildman–Crippen LogP) is 2.16. The van der Waals surface area contributed by atoms with Gasteiger partial charge in [-0.25, -0.2) is 0 Å². The van der Waals surface area contributed by atoms with Crippen LogP contribution in [0.1, 0.15) is 12.8 Å². The molecule has 0 aliphatic carbocycles. The van der Waals surface area contributed by atoms with Crippen LogP contribution in [0.25, 0.3) is 0 Å². The fourth-order valence-electron chi connectivity index (χ4n) is 1.92. The Morgan fingerprint density at radius 2 is 2.39 bits per heavy atom. The molecule has 4 nitrogen and oxygen atoms in total. The van der Waals surface area contributed by atoms with Crippen LogP contribution in [0.2, 0.25) is 0 Å². The molecule has 1 fully saturated rings. The first-order valence-corrected chi connectivity index (χ1v) is 6.91. The van der Waals surface area contributed by atoms with E-state index in [1.54, 1.807) is 0 Å². The lowest BCUT2D eigenvalue weighted by Crippen LogP contribution is -2.33. The highest BCUT2D eigenvalue weighted by Crippen LogP contribution is 2.15. The van der Waals surface area contributed by atoms with Gasteiger partial charge in [0.25, 0.3) is 0 Å². The van der Waals surface area contributed by atoms with Gasteiger partial charge in [-0.05, 0) is 31.0 Å². The molecule has 1 atom stereocenters. The van der Waals surface area contributed by atoms with Gasteiger partial charge in [-0.3, -0.25) is 4.79 Å². The highest BCUT2D eigenvalue weighted by atomic mass is 79.9. The fraction of sp³-hybridized carbons (Fsp3) is 0.462. The van der Waals surface area contributed by atoms with E-state index in [0.717, 1.165) is 36.2 Å². The quantitative estimate of drug-likeness (QED) is 0.876. The Kier molecular flexibility index (Phi) is 5.16. The van der Waals surface area contributed by atoms with Crippen LogP contribution in [-0.2, 0) is 9.53 Å². The molecule has 0 bridgehead atoms. The number of amides is 1. The van der Waals surface area contributed by atoms with Crippen LogP contribution >= 0.6 is 15.9 Å². The van der Waals surface area contributed by atoms with Gasteiger partial charge < -0.3 is 15.4 Å². The van der Waals surface area contributed by atoms with Crippen molar-refractivity contribution in [1.29, 1.82) is 0 Å². The second-order valence-electron chi connectivity index (χ2n) is 4.32. The van der Waals surface area contributed by atoms with Crippen LogP contribution in [0, 0.1) is 0 Å². The summed E-state index contributed by atoms with van der Waals surface area (Å²) < 4.78 is 6.42. The van der Waals surface area contributed by atoms with E-state index in [1.165, 1.54) is 0 Å². The molecular weight excluding hydrogens is 296 g/mol. The van der Waals surface area contributed by atoms with E-state index >= 15 is 0 Å². The number of hydrogen-bond acceptors (Lipinski definition) is 3. The summed E-state index contributed by atoms with van der Waals surface area (Å²) in [5.41, 5.74) is 0.799. The van der Waals surface area contributed by atoms with Gasteiger partial charge in [-0.2, -0.15) is 0 Å². The van der Waals surface area contributed by atoms with E-state index in [2.05, 4.69) is 26.6 Å². The van der Waals surface area contributed by atoms with Crippen molar-refractivity contribution in [3.63, 3.8) is 0 Å². The predicted molar refractivity (Wildman–Crippen MR) is 74.6 cm³/mol. The number of halogens is 1. The first kappa shape index (κ1) is 13.5. The van der Waals surface area contributed by atoms with Crippen molar-refractivity contribution in [2.45, 2.75) is 18.9 Å². The first-order chi connectivity index (χ1) is 8.74. The zero-order chi connectivity index (χ0) is 12.8. The third kappa shape index (κ3) is 4.40. The molecule has 98 valence electrons. The van der Waals surface area contributed by atoms with Gasteiger partial charge in [0, 0.05) is 23.3 Å². The molecule has 1 heterocycles. The molecule has 2 N–H and O–H groups in total. The van der Waals surface area contributed by atoms with E-state index in [0.29, 0.717) is 6.54 Å². The standard InChI is InChI=1S/C13H17BrN2O2/c14-10-3-1-4-11(7-10)16-13(17)9-15-8-12-5-2-6-18-12/h1,3-4,7,12,15H,2,5-6,8-9H2,(H,16,17). The average molecular weight is 313 g/mol. The molecule has 1 aromatic carbocycles. The smallest absolute Gasteiger partial charge is 0.238 e. The molecule has 0 saturated carbocycles. The molecule has 18 heavy (non-hydrogen) atoms. The molecule has 2 rings (SSSR count). The van der Waals surface area contributed by atoms with Gasteiger partial charge in [0.2, 0.25) is 5.91 Å². The number of nitrogens with one attached hydrogen (secondary N) is 2. The van der Waals surface area contributed by atoms with Gasteiger partial charge in [0.15, 0.2) is 0 Å². The van der Waals surface area contributed by atoms with Crippen molar-refractivity contribution in [3.05, 3.63) is 28.7 Å². The van der Waals surface area contributed by atoms with E-state index in [1.807, 2.05) is 24.3 Å². The second-order valence-corrected chi connectivity index (χ2v) is 5.24. The molecule has 1 aromatic rings.